The van der Waals surface area contributed by atoms with Crippen molar-refractivity contribution < 1.29 is 18.7 Å². The number of hydrogen-bond acceptors (Lipinski definition) is 2. The van der Waals surface area contributed by atoms with Crippen LogP contribution in [-0.2, 0) is 11.3 Å². The van der Waals surface area contributed by atoms with Crippen molar-refractivity contribution in [3.8, 4) is 0 Å². The Kier molecular flexibility index (Phi) is 4.30. The normalized spacial score (nSPS) is 10.3. The second kappa shape index (κ2) is 6.14. The monoisotopic (exact) mass is 277 g/mol. The minimum atomic E-state index is -1.02. The molecule has 2 aromatic rings. The molecule has 0 heterocycles. The Morgan fingerprint density at radius 2 is 1.80 bits per heavy atom. The highest BCUT2D eigenvalue weighted by Crippen LogP contribution is 2.18. The molecule has 3 nitrogen and oxygen atoms in total. The zero-order valence-electron chi connectivity index (χ0n) is 10.6. The smallest absolute Gasteiger partial charge is 0.323 e. The fourth-order valence-electron chi connectivity index (χ4n) is 1.90. The summed E-state index contributed by atoms with van der Waals surface area (Å²) in [6.07, 6.45) is 0. The van der Waals surface area contributed by atoms with Gasteiger partial charge in [0.15, 0.2) is 0 Å². The molecule has 1 N–H and O–H groups in total. The van der Waals surface area contributed by atoms with Crippen molar-refractivity contribution in [2.45, 2.75) is 6.54 Å². The van der Waals surface area contributed by atoms with Gasteiger partial charge >= 0.3 is 5.97 Å². The molecule has 0 spiro atoms. The molecule has 0 aliphatic carbocycles. The van der Waals surface area contributed by atoms with E-state index in [-0.39, 0.29) is 18.7 Å². The van der Waals surface area contributed by atoms with E-state index in [9.17, 15) is 13.6 Å². The Balaban J connectivity index is 2.26. The number of carboxylic acid groups (broad SMARTS) is 1. The number of halogens is 2. The molecule has 20 heavy (non-hydrogen) atoms. The Hall–Kier alpha value is -2.43. The van der Waals surface area contributed by atoms with Crippen LogP contribution in [0.4, 0.5) is 14.5 Å². The fourth-order valence-corrected chi connectivity index (χ4v) is 1.90. The second-order valence-corrected chi connectivity index (χ2v) is 4.32. The number of carbonyl (C=O) groups is 1. The highest BCUT2D eigenvalue weighted by molar-refractivity contribution is 5.73. The van der Waals surface area contributed by atoms with Crippen LogP contribution < -0.4 is 4.90 Å². The predicted octanol–water partition coefficient (Wildman–Crippen LogP) is 3.06. The highest BCUT2D eigenvalue weighted by Gasteiger charge is 2.13. The molecule has 2 aromatic carbocycles. The van der Waals surface area contributed by atoms with E-state index in [2.05, 4.69) is 0 Å². The van der Waals surface area contributed by atoms with Crippen molar-refractivity contribution in [3.05, 3.63) is 65.7 Å². The number of benzene rings is 2. The summed E-state index contributed by atoms with van der Waals surface area (Å²) in [6, 6.07) is 12.1. The van der Waals surface area contributed by atoms with E-state index in [1.54, 1.807) is 30.3 Å². The molecule has 0 aromatic heterocycles. The lowest BCUT2D eigenvalue weighted by molar-refractivity contribution is -0.135. The summed E-state index contributed by atoms with van der Waals surface area (Å²) in [5.74, 6) is -2.36. The Morgan fingerprint density at radius 3 is 2.40 bits per heavy atom. The second-order valence-electron chi connectivity index (χ2n) is 4.32. The van der Waals surface area contributed by atoms with Crippen LogP contribution >= 0.6 is 0 Å². The standard InChI is InChI=1S/C15H13F2NO2/c16-12-7-6-11(14(17)8-12)9-18(10-15(19)20)13-4-2-1-3-5-13/h1-8H,9-10H2,(H,19,20). The molecular formula is C15H13F2NO2. The number of para-hydroxylation sites is 1. The summed E-state index contributed by atoms with van der Waals surface area (Å²) in [6.45, 7) is -0.205. The number of carboxylic acids is 1. The first kappa shape index (κ1) is 14.0. The molecule has 0 aliphatic heterocycles. The van der Waals surface area contributed by atoms with Crippen molar-refractivity contribution in [3.63, 3.8) is 0 Å². The van der Waals surface area contributed by atoms with Crippen LogP contribution in [0.15, 0.2) is 48.5 Å². The largest absolute Gasteiger partial charge is 0.480 e. The lowest BCUT2D eigenvalue weighted by atomic mass is 10.1. The first-order chi connectivity index (χ1) is 9.56. The third-order valence-corrected chi connectivity index (χ3v) is 2.82. The lowest BCUT2D eigenvalue weighted by Crippen LogP contribution is -2.29. The van der Waals surface area contributed by atoms with Crippen molar-refractivity contribution in [2.75, 3.05) is 11.4 Å². The van der Waals surface area contributed by atoms with Gasteiger partial charge in [-0.15, -0.1) is 0 Å². The number of aliphatic carboxylic acids is 1. The van der Waals surface area contributed by atoms with Gasteiger partial charge < -0.3 is 10.0 Å². The van der Waals surface area contributed by atoms with Crippen LogP contribution in [0.5, 0.6) is 0 Å². The zero-order chi connectivity index (χ0) is 14.5. The molecule has 0 fully saturated rings. The van der Waals surface area contributed by atoms with Crippen molar-refractivity contribution in [1.29, 1.82) is 0 Å². The van der Waals surface area contributed by atoms with Gasteiger partial charge in [0.2, 0.25) is 0 Å². The summed E-state index contributed by atoms with van der Waals surface area (Å²) in [7, 11) is 0. The van der Waals surface area contributed by atoms with Crippen LogP contribution in [0.1, 0.15) is 5.56 Å². The maximum atomic E-state index is 13.6. The van der Waals surface area contributed by atoms with Gasteiger partial charge in [0, 0.05) is 23.9 Å². The van der Waals surface area contributed by atoms with Crippen LogP contribution in [0.3, 0.4) is 0 Å². The van der Waals surface area contributed by atoms with Gasteiger partial charge in [-0.1, -0.05) is 24.3 Å². The number of rotatable bonds is 5. The minimum absolute atomic E-state index is 0.0580. The van der Waals surface area contributed by atoms with Crippen LogP contribution in [0, 0.1) is 11.6 Å². The van der Waals surface area contributed by atoms with E-state index in [4.69, 9.17) is 5.11 Å². The molecule has 104 valence electrons. The van der Waals surface area contributed by atoms with Gasteiger partial charge in [-0.05, 0) is 18.2 Å². The third kappa shape index (κ3) is 3.54. The molecule has 0 unspecified atom stereocenters. The first-order valence-corrected chi connectivity index (χ1v) is 6.02. The molecule has 0 radical (unpaired) electrons. The maximum absolute atomic E-state index is 13.6. The van der Waals surface area contributed by atoms with Crippen LogP contribution in [0.2, 0.25) is 0 Å². The van der Waals surface area contributed by atoms with Gasteiger partial charge in [-0.3, -0.25) is 4.79 Å². The van der Waals surface area contributed by atoms with E-state index in [1.165, 1.54) is 11.0 Å². The molecule has 2 rings (SSSR count). The van der Waals surface area contributed by atoms with Crippen molar-refractivity contribution in [1.82, 2.24) is 0 Å². The quantitative estimate of drug-likeness (QED) is 0.913. The van der Waals surface area contributed by atoms with Gasteiger partial charge in [0.1, 0.15) is 18.2 Å². The summed E-state index contributed by atoms with van der Waals surface area (Å²) in [5, 5.41) is 8.94. The van der Waals surface area contributed by atoms with E-state index >= 15 is 0 Å². The molecule has 0 amide bonds. The summed E-state index contributed by atoms with van der Waals surface area (Å²) in [4.78, 5) is 12.4. The molecular weight excluding hydrogens is 264 g/mol. The third-order valence-electron chi connectivity index (χ3n) is 2.82. The SMILES string of the molecule is O=C(O)CN(Cc1ccc(F)cc1F)c1ccccc1. The van der Waals surface area contributed by atoms with Crippen molar-refractivity contribution in [2.24, 2.45) is 0 Å². The van der Waals surface area contributed by atoms with E-state index < -0.39 is 17.6 Å². The molecule has 5 heteroatoms. The van der Waals surface area contributed by atoms with Gasteiger partial charge in [-0.25, -0.2) is 8.78 Å². The first-order valence-electron chi connectivity index (χ1n) is 6.02. The Bertz CT molecular complexity index is 602. The Morgan fingerprint density at radius 1 is 1.10 bits per heavy atom. The van der Waals surface area contributed by atoms with Crippen LogP contribution in [-0.4, -0.2) is 17.6 Å². The Labute approximate surface area is 115 Å². The van der Waals surface area contributed by atoms with E-state index in [0.717, 1.165) is 12.1 Å². The molecule has 0 bridgehead atoms. The lowest BCUT2D eigenvalue weighted by Gasteiger charge is -2.23. The fraction of sp³-hybridized carbons (Fsp3) is 0.133. The average molecular weight is 277 g/mol. The molecule has 0 saturated heterocycles. The summed E-state index contributed by atoms with van der Waals surface area (Å²) in [5.41, 5.74) is 0.912. The molecule has 0 atom stereocenters. The number of nitrogens with zero attached hydrogens (tertiary/aromatic N) is 1. The van der Waals surface area contributed by atoms with Gasteiger partial charge in [-0.2, -0.15) is 0 Å². The van der Waals surface area contributed by atoms with Crippen molar-refractivity contribution >= 4 is 11.7 Å². The van der Waals surface area contributed by atoms with Gasteiger partial charge in [0.25, 0.3) is 0 Å². The summed E-state index contributed by atoms with van der Waals surface area (Å²) < 4.78 is 26.5. The minimum Gasteiger partial charge on any atom is -0.480 e. The van der Waals surface area contributed by atoms with Gasteiger partial charge in [0.05, 0.1) is 0 Å². The van der Waals surface area contributed by atoms with Crippen LogP contribution in [0.25, 0.3) is 0 Å². The van der Waals surface area contributed by atoms with E-state index in [1.807, 2.05) is 0 Å². The average Bonchev–Trinajstić information content (AvgIpc) is 2.41. The highest BCUT2D eigenvalue weighted by atomic mass is 19.1. The molecule has 0 aliphatic rings. The zero-order valence-corrected chi connectivity index (χ0v) is 10.6. The topological polar surface area (TPSA) is 40.5 Å². The number of hydrogen-bond donors (Lipinski definition) is 1. The predicted molar refractivity (Wildman–Crippen MR) is 71.5 cm³/mol. The number of anilines is 1. The summed E-state index contributed by atoms with van der Waals surface area (Å²) >= 11 is 0. The van der Waals surface area contributed by atoms with E-state index in [0.29, 0.717) is 5.69 Å². The molecule has 0 saturated carbocycles. The maximum Gasteiger partial charge on any atom is 0.323 e.